The summed E-state index contributed by atoms with van der Waals surface area (Å²) in [7, 11) is 0. The molecule has 0 aliphatic heterocycles. The molecule has 0 heterocycles. The first-order valence-electron chi connectivity index (χ1n) is 5.36. The van der Waals surface area contributed by atoms with E-state index in [0.717, 1.165) is 18.2 Å². The van der Waals surface area contributed by atoms with Gasteiger partial charge in [0.25, 0.3) is 6.43 Å². The zero-order chi connectivity index (χ0) is 14.6. The van der Waals surface area contributed by atoms with Crippen molar-refractivity contribution in [3.63, 3.8) is 0 Å². The van der Waals surface area contributed by atoms with Gasteiger partial charge in [0.15, 0.2) is 6.10 Å². The van der Waals surface area contributed by atoms with Crippen LogP contribution in [0.15, 0.2) is 18.2 Å². The molecule has 0 aliphatic carbocycles. The Morgan fingerprint density at radius 2 is 1.84 bits per heavy atom. The molecule has 0 saturated heterocycles. The van der Waals surface area contributed by atoms with E-state index in [-0.39, 0.29) is 29.5 Å². The lowest BCUT2D eigenvalue weighted by Gasteiger charge is -2.12. The van der Waals surface area contributed by atoms with E-state index in [1.165, 1.54) is 0 Å². The first-order valence-corrected chi connectivity index (χ1v) is 5.36. The van der Waals surface area contributed by atoms with E-state index in [9.17, 15) is 23.5 Å². The summed E-state index contributed by atoms with van der Waals surface area (Å²) >= 11 is 0. The van der Waals surface area contributed by atoms with Crippen LogP contribution < -0.4 is 0 Å². The van der Waals surface area contributed by atoms with Crippen molar-refractivity contribution < 1.29 is 33.7 Å². The van der Waals surface area contributed by atoms with Gasteiger partial charge in [0, 0.05) is 12.0 Å². The molecule has 0 spiro atoms. The highest BCUT2D eigenvalue weighted by molar-refractivity contribution is 5.74. The van der Waals surface area contributed by atoms with Crippen LogP contribution in [-0.4, -0.2) is 27.3 Å². The van der Waals surface area contributed by atoms with E-state index in [4.69, 9.17) is 10.2 Å². The Morgan fingerprint density at radius 1 is 1.21 bits per heavy atom. The largest absolute Gasteiger partial charge is 0.481 e. The number of carboxylic acids is 2. The van der Waals surface area contributed by atoms with Crippen LogP contribution in [0.4, 0.5) is 8.78 Å². The van der Waals surface area contributed by atoms with Crippen molar-refractivity contribution in [3.05, 3.63) is 34.9 Å². The van der Waals surface area contributed by atoms with Crippen molar-refractivity contribution in [3.8, 4) is 0 Å². The summed E-state index contributed by atoms with van der Waals surface area (Å²) in [6, 6.07) is 3.19. The molecule has 1 aromatic rings. The third-order valence-electron chi connectivity index (χ3n) is 2.56. The van der Waals surface area contributed by atoms with Gasteiger partial charge < -0.3 is 15.3 Å². The van der Waals surface area contributed by atoms with Crippen molar-refractivity contribution in [1.82, 2.24) is 0 Å². The van der Waals surface area contributed by atoms with Gasteiger partial charge in [0.2, 0.25) is 0 Å². The predicted octanol–water partition coefficient (Wildman–Crippen LogP) is 1.76. The van der Waals surface area contributed by atoms with Crippen molar-refractivity contribution in [2.75, 3.05) is 0 Å². The van der Waals surface area contributed by atoms with Crippen LogP contribution in [0.2, 0.25) is 0 Å². The highest BCUT2D eigenvalue weighted by Crippen LogP contribution is 2.27. The molecule has 19 heavy (non-hydrogen) atoms. The zero-order valence-electron chi connectivity index (χ0n) is 9.72. The monoisotopic (exact) mass is 274 g/mol. The molecule has 0 fully saturated rings. The standard InChI is InChI=1S/C12H12F2O5/c13-11(14)8-3-1-7(10(17)12(18)19)5-6(8)2-4-9(15)16/h1,3,5,10-11,17H,2,4H2,(H,15,16)(H,18,19). The van der Waals surface area contributed by atoms with Gasteiger partial charge in [0.05, 0.1) is 0 Å². The summed E-state index contributed by atoms with van der Waals surface area (Å²) in [6.45, 7) is 0. The molecule has 0 saturated carbocycles. The third kappa shape index (κ3) is 3.99. The van der Waals surface area contributed by atoms with Gasteiger partial charge in [-0.25, -0.2) is 13.6 Å². The molecule has 104 valence electrons. The molecule has 1 atom stereocenters. The lowest BCUT2D eigenvalue weighted by atomic mass is 9.98. The van der Waals surface area contributed by atoms with Crippen LogP contribution >= 0.6 is 0 Å². The normalized spacial score (nSPS) is 12.4. The molecule has 3 N–H and O–H groups in total. The molecule has 0 radical (unpaired) electrons. The van der Waals surface area contributed by atoms with E-state index in [0.29, 0.717) is 0 Å². The Morgan fingerprint density at radius 3 is 2.32 bits per heavy atom. The zero-order valence-corrected chi connectivity index (χ0v) is 9.72. The highest BCUT2D eigenvalue weighted by atomic mass is 19.3. The quantitative estimate of drug-likeness (QED) is 0.734. The molecule has 7 heteroatoms. The number of hydrogen-bond donors (Lipinski definition) is 3. The van der Waals surface area contributed by atoms with Crippen LogP contribution in [-0.2, 0) is 16.0 Å². The second-order valence-corrected chi connectivity index (χ2v) is 3.89. The number of carbonyl (C=O) groups is 2. The summed E-state index contributed by atoms with van der Waals surface area (Å²) in [5.74, 6) is -2.65. The summed E-state index contributed by atoms with van der Waals surface area (Å²) in [6.07, 6.45) is -5.13. The Labute approximate surface area is 107 Å². The molecule has 0 aliphatic rings. The van der Waals surface area contributed by atoms with Crippen molar-refractivity contribution >= 4 is 11.9 Å². The maximum Gasteiger partial charge on any atom is 0.337 e. The second-order valence-electron chi connectivity index (χ2n) is 3.89. The van der Waals surface area contributed by atoms with Crippen molar-refractivity contribution in [2.45, 2.75) is 25.4 Å². The van der Waals surface area contributed by atoms with E-state index >= 15 is 0 Å². The SMILES string of the molecule is O=C(O)CCc1cc(C(O)C(=O)O)ccc1C(F)F. The number of alkyl halides is 2. The average Bonchev–Trinajstić information content (AvgIpc) is 2.34. The minimum absolute atomic E-state index is 0.0233. The van der Waals surface area contributed by atoms with Gasteiger partial charge >= 0.3 is 11.9 Å². The number of rotatable bonds is 6. The Balaban J connectivity index is 3.10. The van der Waals surface area contributed by atoms with Gasteiger partial charge in [-0.05, 0) is 17.5 Å². The lowest BCUT2D eigenvalue weighted by Crippen LogP contribution is -2.11. The second kappa shape index (κ2) is 6.24. The number of halogens is 2. The van der Waals surface area contributed by atoms with E-state index in [1.54, 1.807) is 0 Å². The number of carboxylic acid groups (broad SMARTS) is 2. The van der Waals surface area contributed by atoms with Crippen molar-refractivity contribution in [1.29, 1.82) is 0 Å². The van der Waals surface area contributed by atoms with Crippen LogP contribution in [0.3, 0.4) is 0 Å². The van der Waals surface area contributed by atoms with Crippen LogP contribution in [0.25, 0.3) is 0 Å². The molecule has 0 amide bonds. The minimum Gasteiger partial charge on any atom is -0.481 e. The average molecular weight is 274 g/mol. The summed E-state index contributed by atoms with van der Waals surface area (Å²) in [5, 5.41) is 26.5. The third-order valence-corrected chi connectivity index (χ3v) is 2.56. The number of hydrogen-bond acceptors (Lipinski definition) is 3. The summed E-state index contributed by atoms with van der Waals surface area (Å²) < 4.78 is 25.4. The Kier molecular flexibility index (Phi) is 4.94. The van der Waals surface area contributed by atoms with Gasteiger partial charge in [-0.2, -0.15) is 0 Å². The van der Waals surface area contributed by atoms with E-state index < -0.39 is 24.5 Å². The maximum atomic E-state index is 12.7. The smallest absolute Gasteiger partial charge is 0.337 e. The number of aryl methyl sites for hydroxylation is 1. The van der Waals surface area contributed by atoms with Crippen LogP contribution in [0, 0.1) is 0 Å². The summed E-state index contributed by atoms with van der Waals surface area (Å²) in [4.78, 5) is 21.1. The van der Waals surface area contributed by atoms with Gasteiger partial charge in [0.1, 0.15) is 0 Å². The molecular weight excluding hydrogens is 262 g/mol. The van der Waals surface area contributed by atoms with Gasteiger partial charge in [-0.3, -0.25) is 4.79 Å². The van der Waals surface area contributed by atoms with Crippen LogP contribution in [0.5, 0.6) is 0 Å². The van der Waals surface area contributed by atoms with Crippen molar-refractivity contribution in [2.24, 2.45) is 0 Å². The molecule has 0 aromatic heterocycles. The highest BCUT2D eigenvalue weighted by Gasteiger charge is 2.20. The molecule has 1 unspecified atom stereocenters. The number of aliphatic carboxylic acids is 2. The molecule has 0 bridgehead atoms. The number of aliphatic hydroxyl groups excluding tert-OH is 1. The fraction of sp³-hybridized carbons (Fsp3) is 0.333. The van der Waals surface area contributed by atoms with Gasteiger partial charge in [-0.15, -0.1) is 0 Å². The van der Waals surface area contributed by atoms with Gasteiger partial charge in [-0.1, -0.05) is 18.2 Å². The Bertz CT molecular complexity index is 487. The van der Waals surface area contributed by atoms with E-state index in [1.807, 2.05) is 0 Å². The molecule has 1 aromatic carbocycles. The van der Waals surface area contributed by atoms with Crippen LogP contribution in [0.1, 0.15) is 35.6 Å². The molecule has 5 nitrogen and oxygen atoms in total. The molecule has 1 rings (SSSR count). The first kappa shape index (κ1) is 15.0. The maximum absolute atomic E-state index is 12.7. The fourth-order valence-corrected chi connectivity index (χ4v) is 1.61. The number of aliphatic hydroxyl groups is 1. The molecular formula is C12H12F2O5. The minimum atomic E-state index is -2.79. The lowest BCUT2D eigenvalue weighted by molar-refractivity contribution is -0.147. The fourth-order valence-electron chi connectivity index (χ4n) is 1.61. The first-order chi connectivity index (χ1) is 8.82. The topological polar surface area (TPSA) is 94.8 Å². The van der Waals surface area contributed by atoms with E-state index in [2.05, 4.69) is 0 Å². The summed E-state index contributed by atoms with van der Waals surface area (Å²) in [5.41, 5.74) is -0.393. The Hall–Kier alpha value is -2.02. The number of benzene rings is 1. The predicted molar refractivity (Wildman–Crippen MR) is 60.0 cm³/mol.